The summed E-state index contributed by atoms with van der Waals surface area (Å²) in [5.74, 6) is 1.05. The summed E-state index contributed by atoms with van der Waals surface area (Å²) in [5, 5.41) is 4.45. The number of pyridine rings is 1. The van der Waals surface area contributed by atoms with Crippen LogP contribution < -0.4 is 5.32 Å². The number of nitrogens with one attached hydrogen (secondary N) is 1. The van der Waals surface area contributed by atoms with Gasteiger partial charge >= 0.3 is 0 Å². The molecular weight excluding hydrogens is 232 g/mol. The number of hydrogen-bond acceptors (Lipinski definition) is 4. The maximum absolute atomic E-state index is 5.46. The number of thioether (sulfide) groups is 1. The highest BCUT2D eigenvalue weighted by Crippen LogP contribution is 2.12. The SMILES string of the molecule is CCCCOCCNCCSc1ccccn1. The smallest absolute Gasteiger partial charge is 0.0960 e. The molecular formula is C13H22N2OS. The second kappa shape index (κ2) is 10.6. The van der Waals surface area contributed by atoms with Gasteiger partial charge in [0.25, 0.3) is 0 Å². The summed E-state index contributed by atoms with van der Waals surface area (Å²) in [6, 6.07) is 6.00. The van der Waals surface area contributed by atoms with Crippen molar-refractivity contribution in [3.8, 4) is 0 Å². The fourth-order valence-corrected chi connectivity index (χ4v) is 2.04. The second-order valence-electron chi connectivity index (χ2n) is 3.73. The van der Waals surface area contributed by atoms with Crippen LogP contribution in [0.15, 0.2) is 29.4 Å². The Hall–Kier alpha value is -0.580. The van der Waals surface area contributed by atoms with E-state index in [1.807, 2.05) is 24.4 Å². The molecule has 1 aromatic rings. The van der Waals surface area contributed by atoms with Gasteiger partial charge in [0.05, 0.1) is 11.6 Å². The van der Waals surface area contributed by atoms with Crippen molar-refractivity contribution in [1.29, 1.82) is 0 Å². The summed E-state index contributed by atoms with van der Waals surface area (Å²) in [7, 11) is 0. The summed E-state index contributed by atoms with van der Waals surface area (Å²) < 4.78 is 5.46. The lowest BCUT2D eigenvalue weighted by molar-refractivity contribution is 0.133. The lowest BCUT2D eigenvalue weighted by Gasteiger charge is -2.05. The summed E-state index contributed by atoms with van der Waals surface area (Å²) in [5.41, 5.74) is 0. The van der Waals surface area contributed by atoms with Crippen molar-refractivity contribution in [2.75, 3.05) is 32.1 Å². The van der Waals surface area contributed by atoms with Gasteiger partial charge in [0.15, 0.2) is 0 Å². The molecule has 0 radical (unpaired) electrons. The van der Waals surface area contributed by atoms with E-state index in [4.69, 9.17) is 4.74 Å². The minimum Gasteiger partial charge on any atom is -0.380 e. The molecule has 0 saturated heterocycles. The molecule has 1 heterocycles. The first kappa shape index (κ1) is 14.5. The van der Waals surface area contributed by atoms with Crippen LogP contribution in [0.5, 0.6) is 0 Å². The van der Waals surface area contributed by atoms with Crippen LogP contribution >= 0.6 is 11.8 Å². The summed E-state index contributed by atoms with van der Waals surface area (Å²) in [4.78, 5) is 4.26. The lowest BCUT2D eigenvalue weighted by Crippen LogP contribution is -2.22. The summed E-state index contributed by atoms with van der Waals surface area (Å²) in [6.07, 6.45) is 4.20. The van der Waals surface area contributed by atoms with Crippen molar-refractivity contribution < 1.29 is 4.74 Å². The molecule has 96 valence electrons. The number of unbranched alkanes of at least 4 members (excludes halogenated alkanes) is 1. The van der Waals surface area contributed by atoms with E-state index in [1.165, 1.54) is 6.42 Å². The first-order chi connectivity index (χ1) is 8.43. The molecule has 0 atom stereocenters. The molecule has 0 aliphatic carbocycles. The van der Waals surface area contributed by atoms with Crippen molar-refractivity contribution in [3.63, 3.8) is 0 Å². The van der Waals surface area contributed by atoms with E-state index in [1.54, 1.807) is 11.8 Å². The minimum absolute atomic E-state index is 0.814. The molecule has 1 aromatic heterocycles. The molecule has 1 N–H and O–H groups in total. The van der Waals surface area contributed by atoms with Gasteiger partial charge in [0.2, 0.25) is 0 Å². The van der Waals surface area contributed by atoms with Crippen LogP contribution in [-0.4, -0.2) is 37.0 Å². The third-order valence-electron chi connectivity index (χ3n) is 2.23. The van der Waals surface area contributed by atoms with Gasteiger partial charge in [-0.15, -0.1) is 11.8 Å². The molecule has 3 nitrogen and oxygen atoms in total. The number of hydrogen-bond donors (Lipinski definition) is 1. The molecule has 0 spiro atoms. The topological polar surface area (TPSA) is 34.1 Å². The highest BCUT2D eigenvalue weighted by atomic mass is 32.2. The van der Waals surface area contributed by atoms with Crippen molar-refractivity contribution >= 4 is 11.8 Å². The van der Waals surface area contributed by atoms with Crippen LogP contribution in [0.1, 0.15) is 19.8 Å². The molecule has 0 aromatic carbocycles. The molecule has 0 fully saturated rings. The second-order valence-corrected chi connectivity index (χ2v) is 4.85. The summed E-state index contributed by atoms with van der Waals surface area (Å²) >= 11 is 1.78. The first-order valence-electron chi connectivity index (χ1n) is 6.25. The predicted molar refractivity (Wildman–Crippen MR) is 73.6 cm³/mol. The van der Waals surface area contributed by atoms with Crippen LogP contribution in [0, 0.1) is 0 Å². The van der Waals surface area contributed by atoms with Gasteiger partial charge in [-0.1, -0.05) is 19.4 Å². The average Bonchev–Trinajstić information content (AvgIpc) is 2.38. The highest BCUT2D eigenvalue weighted by Gasteiger charge is 1.93. The zero-order chi connectivity index (χ0) is 12.2. The Balaban J connectivity index is 1.85. The van der Waals surface area contributed by atoms with Crippen molar-refractivity contribution in [2.45, 2.75) is 24.8 Å². The zero-order valence-electron chi connectivity index (χ0n) is 10.5. The fourth-order valence-electron chi connectivity index (χ4n) is 1.28. The van der Waals surface area contributed by atoms with Gasteiger partial charge in [0, 0.05) is 31.6 Å². The number of nitrogens with zero attached hydrogens (tertiary/aromatic N) is 1. The van der Waals surface area contributed by atoms with Gasteiger partial charge < -0.3 is 10.1 Å². The third kappa shape index (κ3) is 8.18. The van der Waals surface area contributed by atoms with Gasteiger partial charge in [-0.25, -0.2) is 4.98 Å². The van der Waals surface area contributed by atoms with Crippen LogP contribution in [-0.2, 0) is 4.74 Å². The molecule has 0 aliphatic heterocycles. The standard InChI is InChI=1S/C13H22N2OS/c1-2-3-10-16-11-8-14-9-12-17-13-6-4-5-7-15-13/h4-7,14H,2-3,8-12H2,1H3. The molecule has 17 heavy (non-hydrogen) atoms. The Morgan fingerprint density at radius 2 is 2.24 bits per heavy atom. The van der Waals surface area contributed by atoms with E-state index < -0.39 is 0 Å². The first-order valence-corrected chi connectivity index (χ1v) is 7.24. The van der Waals surface area contributed by atoms with Gasteiger partial charge in [-0.2, -0.15) is 0 Å². The molecule has 0 aliphatic rings. The van der Waals surface area contributed by atoms with E-state index in [0.717, 1.165) is 43.5 Å². The molecule has 1 rings (SSSR count). The maximum Gasteiger partial charge on any atom is 0.0960 e. The lowest BCUT2D eigenvalue weighted by atomic mass is 10.4. The number of rotatable bonds is 10. The molecule has 0 saturated carbocycles. The average molecular weight is 254 g/mol. The Morgan fingerprint density at radius 1 is 1.29 bits per heavy atom. The largest absolute Gasteiger partial charge is 0.380 e. The predicted octanol–water partition coefficient (Wildman–Crippen LogP) is 2.58. The van der Waals surface area contributed by atoms with Crippen LogP contribution in [0.2, 0.25) is 0 Å². The molecule has 0 amide bonds. The van der Waals surface area contributed by atoms with E-state index in [-0.39, 0.29) is 0 Å². The quantitative estimate of drug-likeness (QED) is 0.514. The van der Waals surface area contributed by atoms with E-state index in [2.05, 4.69) is 17.2 Å². The van der Waals surface area contributed by atoms with Crippen molar-refractivity contribution in [3.05, 3.63) is 24.4 Å². The number of ether oxygens (including phenoxy) is 1. The van der Waals surface area contributed by atoms with Crippen LogP contribution in [0.3, 0.4) is 0 Å². The molecule has 0 unspecified atom stereocenters. The van der Waals surface area contributed by atoms with Crippen LogP contribution in [0.4, 0.5) is 0 Å². The number of aromatic nitrogens is 1. The normalized spacial score (nSPS) is 10.6. The fraction of sp³-hybridized carbons (Fsp3) is 0.615. The van der Waals surface area contributed by atoms with E-state index >= 15 is 0 Å². The molecule has 0 bridgehead atoms. The van der Waals surface area contributed by atoms with Gasteiger partial charge in [-0.05, 0) is 18.6 Å². The van der Waals surface area contributed by atoms with Gasteiger partial charge in [0.1, 0.15) is 0 Å². The van der Waals surface area contributed by atoms with Crippen molar-refractivity contribution in [1.82, 2.24) is 10.3 Å². The Morgan fingerprint density at radius 3 is 3.00 bits per heavy atom. The van der Waals surface area contributed by atoms with E-state index in [9.17, 15) is 0 Å². The minimum atomic E-state index is 0.814. The zero-order valence-corrected chi connectivity index (χ0v) is 11.3. The van der Waals surface area contributed by atoms with Gasteiger partial charge in [-0.3, -0.25) is 0 Å². The third-order valence-corrected chi connectivity index (χ3v) is 3.18. The van der Waals surface area contributed by atoms with Crippen molar-refractivity contribution in [2.24, 2.45) is 0 Å². The highest BCUT2D eigenvalue weighted by molar-refractivity contribution is 7.99. The van der Waals surface area contributed by atoms with Crippen LogP contribution in [0.25, 0.3) is 0 Å². The Kier molecular flexibility index (Phi) is 9.00. The Bertz CT molecular complexity index is 269. The summed E-state index contributed by atoms with van der Waals surface area (Å²) in [6.45, 7) is 5.82. The van der Waals surface area contributed by atoms with E-state index in [0.29, 0.717) is 0 Å². The monoisotopic (exact) mass is 254 g/mol. The Labute approximate surface area is 108 Å². The molecule has 4 heteroatoms. The maximum atomic E-state index is 5.46.